The molecule has 1 saturated heterocycles. The number of phenolic OH excluding ortho intramolecular Hbond substituents is 1. The molecule has 0 unspecified atom stereocenters. The van der Waals surface area contributed by atoms with Gasteiger partial charge in [-0.15, -0.1) is 0 Å². The molecule has 21 heavy (non-hydrogen) atoms. The number of Topliss-reactive ketones (excluding diaryl/α,β-unsaturated/α-hetero) is 1. The summed E-state index contributed by atoms with van der Waals surface area (Å²) in [6.07, 6.45) is 0.573. The number of carbonyl (C=O) groups is 1. The smallest absolute Gasteiger partial charge is 0.163 e. The van der Waals surface area contributed by atoms with Gasteiger partial charge in [0.1, 0.15) is 5.75 Å². The molecular weight excluding hydrogens is 314 g/mol. The molecule has 0 radical (unpaired) electrons. The van der Waals surface area contributed by atoms with Crippen molar-refractivity contribution in [3.05, 3.63) is 28.3 Å². The maximum absolute atomic E-state index is 11.6. The molecule has 0 aliphatic carbocycles. The molecule has 1 N–H and O–H groups in total. The third kappa shape index (κ3) is 4.18. The van der Waals surface area contributed by atoms with E-state index < -0.39 is 9.84 Å². The quantitative estimate of drug-likeness (QED) is 0.856. The summed E-state index contributed by atoms with van der Waals surface area (Å²) in [7, 11) is -2.97. The van der Waals surface area contributed by atoms with E-state index in [1.807, 2.05) is 4.90 Å². The van der Waals surface area contributed by atoms with Gasteiger partial charge in [0.05, 0.1) is 17.1 Å². The number of carbonyl (C=O) groups excluding carboxylic acids is 1. The number of aromatic hydroxyl groups is 1. The van der Waals surface area contributed by atoms with Crippen molar-refractivity contribution in [1.82, 2.24) is 4.90 Å². The second kappa shape index (κ2) is 6.34. The van der Waals surface area contributed by atoms with Crippen molar-refractivity contribution < 1.29 is 18.3 Å². The van der Waals surface area contributed by atoms with E-state index in [0.717, 1.165) is 0 Å². The van der Waals surface area contributed by atoms with Crippen LogP contribution < -0.4 is 0 Å². The van der Waals surface area contributed by atoms with Crippen LogP contribution in [0.4, 0.5) is 0 Å². The topological polar surface area (TPSA) is 74.7 Å². The van der Waals surface area contributed by atoms with Crippen molar-refractivity contribution in [3.63, 3.8) is 0 Å². The number of hydrogen-bond donors (Lipinski definition) is 1. The largest absolute Gasteiger partial charge is 0.507 e. The Kier molecular flexibility index (Phi) is 4.91. The van der Waals surface area contributed by atoms with Gasteiger partial charge in [-0.3, -0.25) is 9.69 Å². The molecule has 0 saturated carbocycles. The standard InChI is InChI=1S/C14H18ClNO4S/c1-10(17)13-8-12(15)7-11(14(13)18)9-16-3-2-5-21(19,20)6-4-16/h7-8,18H,2-6,9H2,1H3. The van der Waals surface area contributed by atoms with Gasteiger partial charge < -0.3 is 5.11 Å². The summed E-state index contributed by atoms with van der Waals surface area (Å²) < 4.78 is 23.2. The molecule has 1 heterocycles. The van der Waals surface area contributed by atoms with E-state index >= 15 is 0 Å². The molecule has 1 fully saturated rings. The predicted octanol–water partition coefficient (Wildman–Crippen LogP) is 1.87. The Balaban J connectivity index is 2.21. The van der Waals surface area contributed by atoms with Crippen LogP contribution >= 0.6 is 11.6 Å². The van der Waals surface area contributed by atoms with Crippen LogP contribution in [0, 0.1) is 0 Å². The van der Waals surface area contributed by atoms with E-state index in [1.165, 1.54) is 13.0 Å². The first-order chi connectivity index (χ1) is 9.78. The van der Waals surface area contributed by atoms with E-state index in [1.54, 1.807) is 6.07 Å². The number of rotatable bonds is 3. The van der Waals surface area contributed by atoms with E-state index in [2.05, 4.69) is 0 Å². The molecule has 2 rings (SSSR count). The fourth-order valence-electron chi connectivity index (χ4n) is 2.43. The molecular formula is C14H18ClNO4S. The Morgan fingerprint density at radius 2 is 2.05 bits per heavy atom. The second-order valence-electron chi connectivity index (χ2n) is 5.30. The molecule has 0 amide bonds. The summed E-state index contributed by atoms with van der Waals surface area (Å²) in [5.74, 6) is -0.00820. The molecule has 0 atom stereocenters. The first-order valence-corrected chi connectivity index (χ1v) is 8.93. The maximum Gasteiger partial charge on any atom is 0.163 e. The van der Waals surface area contributed by atoms with Gasteiger partial charge in [0.25, 0.3) is 0 Å². The minimum Gasteiger partial charge on any atom is -0.507 e. The van der Waals surface area contributed by atoms with Gasteiger partial charge in [0.2, 0.25) is 0 Å². The molecule has 1 aliphatic rings. The summed E-state index contributed by atoms with van der Waals surface area (Å²) in [6.45, 7) is 2.81. The lowest BCUT2D eigenvalue weighted by Gasteiger charge is -2.20. The Labute approximate surface area is 129 Å². The van der Waals surface area contributed by atoms with Crippen molar-refractivity contribution in [2.75, 3.05) is 24.6 Å². The lowest BCUT2D eigenvalue weighted by molar-refractivity contribution is 0.101. The minimum atomic E-state index is -2.97. The molecule has 1 aromatic rings. The van der Waals surface area contributed by atoms with Crippen LogP contribution in [0.2, 0.25) is 5.02 Å². The fourth-order valence-corrected chi connectivity index (χ4v) is 3.98. The summed E-state index contributed by atoms with van der Waals surface area (Å²) in [4.78, 5) is 13.4. The van der Waals surface area contributed by atoms with Crippen LogP contribution in [0.3, 0.4) is 0 Å². The average Bonchev–Trinajstić information content (AvgIpc) is 2.54. The van der Waals surface area contributed by atoms with E-state index in [4.69, 9.17) is 11.6 Å². The summed E-state index contributed by atoms with van der Waals surface area (Å²) in [5.41, 5.74) is 0.743. The predicted molar refractivity (Wildman–Crippen MR) is 81.7 cm³/mol. The molecule has 116 valence electrons. The van der Waals surface area contributed by atoms with Crippen molar-refractivity contribution in [2.45, 2.75) is 19.9 Å². The Bertz CT molecular complexity index is 657. The lowest BCUT2D eigenvalue weighted by atomic mass is 10.1. The van der Waals surface area contributed by atoms with Crippen LogP contribution in [-0.4, -0.2) is 48.8 Å². The number of hydrogen-bond acceptors (Lipinski definition) is 5. The average molecular weight is 332 g/mol. The normalized spacial score (nSPS) is 19.1. The number of halogens is 1. The van der Waals surface area contributed by atoms with Crippen molar-refractivity contribution in [2.24, 2.45) is 0 Å². The molecule has 0 spiro atoms. The summed E-state index contributed by atoms with van der Waals surface area (Å²) in [5, 5.41) is 10.5. The molecule has 7 heteroatoms. The van der Waals surface area contributed by atoms with Crippen LogP contribution in [-0.2, 0) is 16.4 Å². The molecule has 1 aliphatic heterocycles. The first kappa shape index (κ1) is 16.3. The highest BCUT2D eigenvalue weighted by Gasteiger charge is 2.21. The van der Waals surface area contributed by atoms with E-state index in [0.29, 0.717) is 36.6 Å². The Hall–Kier alpha value is -1.11. The van der Waals surface area contributed by atoms with Gasteiger partial charge in [-0.25, -0.2) is 8.42 Å². The molecule has 0 bridgehead atoms. The summed E-state index contributed by atoms with van der Waals surface area (Å²) in [6, 6.07) is 3.05. The fraction of sp³-hybridized carbons (Fsp3) is 0.500. The second-order valence-corrected chi connectivity index (χ2v) is 8.04. The minimum absolute atomic E-state index is 0.0704. The van der Waals surface area contributed by atoms with Gasteiger partial charge in [0, 0.05) is 23.7 Å². The molecule has 0 aromatic heterocycles. The van der Waals surface area contributed by atoms with Crippen LogP contribution in [0.15, 0.2) is 12.1 Å². The maximum atomic E-state index is 11.6. The third-order valence-corrected chi connectivity index (χ3v) is 5.51. The van der Waals surface area contributed by atoms with Gasteiger partial charge in [-0.1, -0.05) is 11.6 Å². The highest BCUT2D eigenvalue weighted by molar-refractivity contribution is 7.91. The lowest BCUT2D eigenvalue weighted by Crippen LogP contribution is -2.26. The van der Waals surface area contributed by atoms with Crippen LogP contribution in [0.5, 0.6) is 5.75 Å². The number of sulfone groups is 1. The van der Waals surface area contributed by atoms with Gasteiger partial charge >= 0.3 is 0 Å². The number of nitrogens with zero attached hydrogens (tertiary/aromatic N) is 1. The van der Waals surface area contributed by atoms with Crippen molar-refractivity contribution in [3.8, 4) is 5.75 Å². The van der Waals surface area contributed by atoms with Gasteiger partial charge in [-0.05, 0) is 32.0 Å². The SMILES string of the molecule is CC(=O)c1cc(Cl)cc(CN2CCCS(=O)(=O)CC2)c1O. The van der Waals surface area contributed by atoms with Gasteiger partial charge in [0.15, 0.2) is 15.6 Å². The van der Waals surface area contributed by atoms with Crippen LogP contribution in [0.1, 0.15) is 29.3 Å². The molecule has 5 nitrogen and oxygen atoms in total. The first-order valence-electron chi connectivity index (χ1n) is 6.73. The van der Waals surface area contributed by atoms with Crippen LogP contribution in [0.25, 0.3) is 0 Å². The number of ketones is 1. The summed E-state index contributed by atoms with van der Waals surface area (Å²) >= 11 is 5.98. The zero-order valence-corrected chi connectivity index (χ0v) is 13.4. The number of benzene rings is 1. The highest BCUT2D eigenvalue weighted by Crippen LogP contribution is 2.29. The monoisotopic (exact) mass is 331 g/mol. The van der Waals surface area contributed by atoms with E-state index in [-0.39, 0.29) is 28.6 Å². The van der Waals surface area contributed by atoms with Crippen molar-refractivity contribution >= 4 is 27.2 Å². The zero-order chi connectivity index (χ0) is 15.6. The zero-order valence-electron chi connectivity index (χ0n) is 11.8. The van der Waals surface area contributed by atoms with Gasteiger partial charge in [-0.2, -0.15) is 0 Å². The van der Waals surface area contributed by atoms with Crippen molar-refractivity contribution in [1.29, 1.82) is 0 Å². The Morgan fingerprint density at radius 1 is 1.33 bits per heavy atom. The highest BCUT2D eigenvalue weighted by atomic mass is 35.5. The molecule has 1 aromatic carbocycles. The number of phenols is 1. The third-order valence-electron chi connectivity index (χ3n) is 3.58. The Morgan fingerprint density at radius 3 is 2.71 bits per heavy atom. The van der Waals surface area contributed by atoms with E-state index in [9.17, 15) is 18.3 Å².